The Kier molecular flexibility index (Phi) is 6.69. The monoisotopic (exact) mass is 508 g/mol. The normalized spacial score (nSPS) is 12.4. The molecule has 0 aliphatic heterocycles. The predicted octanol–water partition coefficient (Wildman–Crippen LogP) is 5.13. The molecule has 162 valence electrons. The van der Waals surface area contributed by atoms with E-state index in [1.807, 2.05) is 72.8 Å². The fourth-order valence-corrected chi connectivity index (χ4v) is 4.92. The van der Waals surface area contributed by atoms with Gasteiger partial charge in [-0.15, -0.1) is 0 Å². The Morgan fingerprint density at radius 1 is 0.812 bits per heavy atom. The number of hydrogen-bond donors (Lipinski definition) is 2. The molecule has 0 radical (unpaired) electrons. The molecule has 2 N–H and O–H groups in total. The third-order valence-electron chi connectivity index (χ3n) is 5.07. The third-order valence-corrected chi connectivity index (χ3v) is 7.08. The fourth-order valence-electron chi connectivity index (χ4n) is 3.46. The van der Waals surface area contributed by atoms with Gasteiger partial charge in [-0.05, 0) is 47.7 Å². The highest BCUT2D eigenvalue weighted by atomic mass is 79.9. The van der Waals surface area contributed by atoms with Crippen molar-refractivity contribution in [2.45, 2.75) is 17.4 Å². The molecule has 4 rings (SSSR count). The van der Waals surface area contributed by atoms with Crippen molar-refractivity contribution in [1.29, 1.82) is 0 Å². The summed E-state index contributed by atoms with van der Waals surface area (Å²) in [4.78, 5) is 13.4. The Labute approximate surface area is 195 Å². The van der Waals surface area contributed by atoms with Crippen LogP contribution in [0, 0.1) is 0 Å². The summed E-state index contributed by atoms with van der Waals surface area (Å²) in [6.07, 6.45) is 0.215. The Balaban J connectivity index is 1.64. The lowest BCUT2D eigenvalue weighted by molar-refractivity contribution is -0.117. The molecule has 0 heterocycles. The Hall–Kier alpha value is -3.00. The second-order valence-electron chi connectivity index (χ2n) is 7.33. The SMILES string of the molecule is O=C(Nc1cccc2ccccc12)[C@H](Cc1ccccc1)NS(=O)(=O)c1ccc(Br)cc1. The van der Waals surface area contributed by atoms with E-state index in [9.17, 15) is 13.2 Å². The second kappa shape index (κ2) is 9.65. The molecule has 0 aliphatic carbocycles. The Morgan fingerprint density at radius 2 is 1.47 bits per heavy atom. The van der Waals surface area contributed by atoms with Crippen LogP contribution in [-0.2, 0) is 21.2 Å². The van der Waals surface area contributed by atoms with E-state index in [1.165, 1.54) is 12.1 Å². The van der Waals surface area contributed by atoms with Gasteiger partial charge in [0.15, 0.2) is 0 Å². The minimum Gasteiger partial charge on any atom is -0.324 e. The summed E-state index contributed by atoms with van der Waals surface area (Å²) in [6, 6.07) is 28.0. The van der Waals surface area contributed by atoms with Gasteiger partial charge in [0, 0.05) is 15.5 Å². The average Bonchev–Trinajstić information content (AvgIpc) is 2.80. The van der Waals surface area contributed by atoms with E-state index >= 15 is 0 Å². The van der Waals surface area contributed by atoms with Gasteiger partial charge in [0.2, 0.25) is 15.9 Å². The first-order valence-electron chi connectivity index (χ1n) is 10.0. The number of carbonyl (C=O) groups is 1. The molecule has 1 amide bonds. The molecule has 5 nitrogen and oxygen atoms in total. The van der Waals surface area contributed by atoms with Gasteiger partial charge >= 0.3 is 0 Å². The molecule has 0 saturated carbocycles. The molecular weight excluding hydrogens is 488 g/mol. The average molecular weight is 509 g/mol. The molecule has 0 aliphatic rings. The van der Waals surface area contributed by atoms with Crippen LogP contribution in [0.3, 0.4) is 0 Å². The van der Waals surface area contributed by atoms with E-state index in [4.69, 9.17) is 0 Å². The maximum Gasteiger partial charge on any atom is 0.242 e. The van der Waals surface area contributed by atoms with Crippen molar-refractivity contribution < 1.29 is 13.2 Å². The van der Waals surface area contributed by atoms with Gasteiger partial charge in [0.25, 0.3) is 0 Å². The van der Waals surface area contributed by atoms with E-state index in [2.05, 4.69) is 26.0 Å². The lowest BCUT2D eigenvalue weighted by Gasteiger charge is -2.19. The van der Waals surface area contributed by atoms with Crippen LogP contribution in [0.1, 0.15) is 5.56 Å². The number of amides is 1. The number of hydrogen-bond acceptors (Lipinski definition) is 3. The smallest absolute Gasteiger partial charge is 0.242 e. The number of nitrogens with one attached hydrogen (secondary N) is 2. The highest BCUT2D eigenvalue weighted by molar-refractivity contribution is 9.10. The molecular formula is C25H21BrN2O3S. The molecule has 4 aromatic rings. The molecule has 0 spiro atoms. The van der Waals surface area contributed by atoms with Gasteiger partial charge in [-0.3, -0.25) is 4.79 Å². The highest BCUT2D eigenvalue weighted by Crippen LogP contribution is 2.23. The van der Waals surface area contributed by atoms with Crippen molar-refractivity contribution in [3.05, 3.63) is 107 Å². The topological polar surface area (TPSA) is 75.3 Å². The van der Waals surface area contributed by atoms with E-state index in [1.54, 1.807) is 12.1 Å². The van der Waals surface area contributed by atoms with Gasteiger partial charge in [-0.25, -0.2) is 8.42 Å². The summed E-state index contributed by atoms with van der Waals surface area (Å²) in [5.74, 6) is -0.425. The third kappa shape index (κ3) is 5.24. The number of benzene rings is 4. The molecule has 32 heavy (non-hydrogen) atoms. The molecule has 0 unspecified atom stereocenters. The molecule has 1 atom stereocenters. The minimum absolute atomic E-state index is 0.0942. The van der Waals surface area contributed by atoms with Crippen molar-refractivity contribution in [2.75, 3.05) is 5.32 Å². The van der Waals surface area contributed by atoms with Crippen LogP contribution in [0.2, 0.25) is 0 Å². The van der Waals surface area contributed by atoms with Crippen molar-refractivity contribution in [3.8, 4) is 0 Å². The Bertz CT molecular complexity index is 1340. The molecule has 4 aromatic carbocycles. The number of halogens is 1. The number of rotatable bonds is 7. The molecule has 0 bridgehead atoms. The van der Waals surface area contributed by atoms with Gasteiger partial charge in [0.05, 0.1) is 4.90 Å². The van der Waals surface area contributed by atoms with Crippen LogP contribution >= 0.6 is 15.9 Å². The van der Waals surface area contributed by atoms with Crippen LogP contribution in [0.5, 0.6) is 0 Å². The zero-order valence-electron chi connectivity index (χ0n) is 17.0. The van der Waals surface area contributed by atoms with Crippen LogP contribution in [0.4, 0.5) is 5.69 Å². The summed E-state index contributed by atoms with van der Waals surface area (Å²) < 4.78 is 29.4. The van der Waals surface area contributed by atoms with E-state index in [-0.39, 0.29) is 11.3 Å². The number of carbonyl (C=O) groups excluding carboxylic acids is 1. The predicted molar refractivity (Wildman–Crippen MR) is 131 cm³/mol. The zero-order valence-corrected chi connectivity index (χ0v) is 19.4. The molecule has 0 saturated heterocycles. The van der Waals surface area contributed by atoms with Crippen molar-refractivity contribution in [2.24, 2.45) is 0 Å². The lowest BCUT2D eigenvalue weighted by Crippen LogP contribution is -2.45. The summed E-state index contributed by atoms with van der Waals surface area (Å²) in [7, 11) is -3.91. The van der Waals surface area contributed by atoms with Crippen LogP contribution in [-0.4, -0.2) is 20.4 Å². The maximum absolute atomic E-state index is 13.3. The standard InChI is InChI=1S/C25H21BrN2O3S/c26-20-13-15-21(16-14-20)32(30,31)28-24(17-18-7-2-1-3-8-18)25(29)27-23-12-6-10-19-9-4-5-11-22(19)23/h1-16,24,28H,17H2,(H,27,29)/t24-/m0/s1. The summed E-state index contributed by atoms with van der Waals surface area (Å²) in [6.45, 7) is 0. The van der Waals surface area contributed by atoms with E-state index < -0.39 is 22.0 Å². The zero-order chi connectivity index (χ0) is 22.6. The van der Waals surface area contributed by atoms with E-state index in [0.717, 1.165) is 20.8 Å². The van der Waals surface area contributed by atoms with Gasteiger partial charge in [0.1, 0.15) is 6.04 Å². The fraction of sp³-hybridized carbons (Fsp3) is 0.0800. The van der Waals surface area contributed by atoms with Crippen LogP contribution < -0.4 is 10.0 Å². The van der Waals surface area contributed by atoms with Gasteiger partial charge in [-0.1, -0.05) is 82.7 Å². The molecule has 0 aromatic heterocycles. The van der Waals surface area contributed by atoms with Crippen molar-refractivity contribution in [3.63, 3.8) is 0 Å². The minimum atomic E-state index is -3.91. The first-order valence-corrected chi connectivity index (χ1v) is 12.3. The summed E-state index contributed by atoms with van der Waals surface area (Å²) in [5, 5.41) is 4.79. The highest BCUT2D eigenvalue weighted by Gasteiger charge is 2.26. The van der Waals surface area contributed by atoms with Gasteiger partial charge in [-0.2, -0.15) is 4.72 Å². The van der Waals surface area contributed by atoms with Crippen LogP contribution in [0.15, 0.2) is 106 Å². The van der Waals surface area contributed by atoms with E-state index in [0.29, 0.717) is 5.69 Å². The van der Waals surface area contributed by atoms with Gasteiger partial charge < -0.3 is 5.32 Å². The first-order chi connectivity index (χ1) is 15.4. The number of anilines is 1. The summed E-state index contributed by atoms with van der Waals surface area (Å²) >= 11 is 3.31. The Morgan fingerprint density at radius 3 is 2.22 bits per heavy atom. The molecule has 7 heteroatoms. The second-order valence-corrected chi connectivity index (χ2v) is 9.96. The first kappa shape index (κ1) is 22.2. The largest absolute Gasteiger partial charge is 0.324 e. The summed E-state index contributed by atoms with van der Waals surface area (Å²) in [5.41, 5.74) is 1.48. The number of fused-ring (bicyclic) bond motifs is 1. The maximum atomic E-state index is 13.3. The van der Waals surface area contributed by atoms with Crippen molar-refractivity contribution >= 4 is 48.3 Å². The molecule has 0 fully saturated rings. The number of sulfonamides is 1. The van der Waals surface area contributed by atoms with Crippen molar-refractivity contribution in [1.82, 2.24) is 4.72 Å². The van der Waals surface area contributed by atoms with Crippen LogP contribution in [0.25, 0.3) is 10.8 Å². The lowest BCUT2D eigenvalue weighted by atomic mass is 10.1. The quantitative estimate of drug-likeness (QED) is 0.363.